The lowest BCUT2D eigenvalue weighted by Gasteiger charge is -2.50. The van der Waals surface area contributed by atoms with E-state index in [9.17, 15) is 15.3 Å². The van der Waals surface area contributed by atoms with Gasteiger partial charge in [-0.1, -0.05) is 35.6 Å². The van der Waals surface area contributed by atoms with Crippen molar-refractivity contribution < 1.29 is 29.5 Å². The second-order valence-electron chi connectivity index (χ2n) is 10.7. The molecule has 6 nitrogen and oxygen atoms in total. The lowest BCUT2D eigenvalue weighted by Crippen LogP contribution is -2.46. The van der Waals surface area contributed by atoms with E-state index in [0.29, 0.717) is 63.0 Å². The first-order valence-corrected chi connectivity index (χ1v) is 14.4. The van der Waals surface area contributed by atoms with E-state index >= 15 is 0 Å². The number of fused-ring (bicyclic) bond motifs is 5. The van der Waals surface area contributed by atoms with Gasteiger partial charge >= 0.3 is 0 Å². The van der Waals surface area contributed by atoms with Gasteiger partial charge in [0.1, 0.15) is 5.75 Å². The van der Waals surface area contributed by atoms with Crippen molar-refractivity contribution in [2.75, 3.05) is 50.7 Å². The molecule has 0 heterocycles. The van der Waals surface area contributed by atoms with Crippen molar-refractivity contribution >= 4 is 22.6 Å². The van der Waals surface area contributed by atoms with Crippen LogP contribution in [0.2, 0.25) is 0 Å². The Balaban J connectivity index is 1.33. The number of aliphatic hydroxyl groups is 2. The molecule has 0 bridgehead atoms. The van der Waals surface area contributed by atoms with Crippen molar-refractivity contribution in [1.29, 1.82) is 0 Å². The van der Waals surface area contributed by atoms with Crippen molar-refractivity contribution in [3.8, 4) is 5.75 Å². The standard InChI is InChI=1S/C27H41IO6/c1-26-7-6-22-21-5-3-20(30)16-19(21)2-4-23(22)24(26)17-27(18-29,25(26)31)8-10-32-12-14-34-15-13-33-11-9-28/h3,5,16,22-25,29-31H,2,4,6-15,17-18H2,1H3/t22-,23-,24+,25-,26+,27-/m1/s1. The van der Waals surface area contributed by atoms with Crippen LogP contribution in [-0.2, 0) is 20.6 Å². The van der Waals surface area contributed by atoms with Gasteiger partial charge in [-0.2, -0.15) is 0 Å². The van der Waals surface area contributed by atoms with Crippen molar-refractivity contribution in [1.82, 2.24) is 0 Å². The Kier molecular flexibility index (Phi) is 9.18. The molecule has 4 rings (SSSR count). The number of hydrogen-bond acceptors (Lipinski definition) is 6. The number of benzene rings is 1. The molecule has 3 aliphatic carbocycles. The summed E-state index contributed by atoms with van der Waals surface area (Å²) in [4.78, 5) is 0. The SMILES string of the molecule is C[C@]12CC[C@@H]3c4ccc(O)cc4CC[C@H]3[C@@H]1C[C@@](CO)(CCOCCOCCOCCI)[C@@H]2O. The van der Waals surface area contributed by atoms with Crippen LogP contribution in [0.15, 0.2) is 18.2 Å². The predicted molar refractivity (Wildman–Crippen MR) is 140 cm³/mol. The Bertz CT molecular complexity index is 805. The van der Waals surface area contributed by atoms with Crippen LogP contribution < -0.4 is 0 Å². The van der Waals surface area contributed by atoms with Crippen LogP contribution in [-0.4, -0.2) is 72.1 Å². The molecule has 3 N–H and O–H groups in total. The lowest BCUT2D eigenvalue weighted by molar-refractivity contribution is -0.0792. The molecule has 0 unspecified atom stereocenters. The van der Waals surface area contributed by atoms with Gasteiger partial charge in [0.05, 0.1) is 45.7 Å². The Labute approximate surface area is 217 Å². The third-order valence-electron chi connectivity index (χ3n) is 9.00. The van der Waals surface area contributed by atoms with E-state index in [1.165, 1.54) is 11.1 Å². The summed E-state index contributed by atoms with van der Waals surface area (Å²) in [5.41, 5.74) is 2.00. The number of alkyl halides is 1. The molecule has 0 radical (unpaired) electrons. The number of hydrogen-bond donors (Lipinski definition) is 3. The second kappa shape index (κ2) is 11.7. The van der Waals surface area contributed by atoms with Crippen LogP contribution in [0.1, 0.15) is 56.1 Å². The van der Waals surface area contributed by atoms with Crippen molar-refractivity contribution in [2.45, 2.75) is 57.5 Å². The van der Waals surface area contributed by atoms with Crippen molar-refractivity contribution in [2.24, 2.45) is 22.7 Å². The molecule has 1 aromatic rings. The molecule has 0 spiro atoms. The molecule has 0 aliphatic heterocycles. The van der Waals surface area contributed by atoms with E-state index in [2.05, 4.69) is 35.6 Å². The summed E-state index contributed by atoms with van der Waals surface area (Å²) in [5, 5.41) is 32.0. The number of aliphatic hydroxyl groups excluding tert-OH is 2. The average molecular weight is 589 g/mol. The molecule has 0 amide bonds. The van der Waals surface area contributed by atoms with Crippen molar-refractivity contribution in [3.63, 3.8) is 0 Å². The lowest BCUT2D eigenvalue weighted by atomic mass is 9.55. The van der Waals surface area contributed by atoms with Crippen LogP contribution in [0.5, 0.6) is 5.75 Å². The van der Waals surface area contributed by atoms with Crippen molar-refractivity contribution in [3.05, 3.63) is 29.3 Å². The summed E-state index contributed by atoms with van der Waals surface area (Å²) in [6, 6.07) is 5.86. The summed E-state index contributed by atoms with van der Waals surface area (Å²) in [7, 11) is 0. The first-order chi connectivity index (χ1) is 16.4. The molecule has 2 saturated carbocycles. The minimum Gasteiger partial charge on any atom is -0.508 e. The van der Waals surface area contributed by atoms with Crippen LogP contribution in [0.25, 0.3) is 0 Å². The highest BCUT2D eigenvalue weighted by atomic mass is 127. The summed E-state index contributed by atoms with van der Waals surface area (Å²) in [6.45, 7) is 5.74. The zero-order valence-corrected chi connectivity index (χ0v) is 22.5. The van der Waals surface area contributed by atoms with Gasteiger partial charge in [0.25, 0.3) is 0 Å². The number of aryl methyl sites for hydroxylation is 1. The third kappa shape index (κ3) is 5.30. The van der Waals surface area contributed by atoms with Crippen LogP contribution in [0.4, 0.5) is 0 Å². The smallest absolute Gasteiger partial charge is 0.115 e. The minimum atomic E-state index is -0.521. The number of phenols is 1. The molecule has 0 saturated heterocycles. The van der Waals surface area contributed by atoms with Gasteiger partial charge in [-0.3, -0.25) is 0 Å². The number of phenolic OH excluding ortho intramolecular Hbond substituents is 1. The topological polar surface area (TPSA) is 88.4 Å². The number of ether oxygens (including phenoxy) is 3. The molecule has 1 aromatic carbocycles. The zero-order valence-electron chi connectivity index (χ0n) is 20.4. The molecule has 3 aliphatic rings. The van der Waals surface area contributed by atoms with Gasteiger partial charge in [0.2, 0.25) is 0 Å². The monoisotopic (exact) mass is 588 g/mol. The fourth-order valence-corrected chi connectivity index (χ4v) is 7.54. The maximum atomic E-state index is 11.6. The maximum absolute atomic E-state index is 11.6. The van der Waals surface area contributed by atoms with Gasteiger partial charge in [-0.25, -0.2) is 0 Å². The third-order valence-corrected chi connectivity index (χ3v) is 9.44. The van der Waals surface area contributed by atoms with Crippen LogP contribution in [0, 0.1) is 22.7 Å². The van der Waals surface area contributed by atoms with E-state index in [4.69, 9.17) is 14.2 Å². The first-order valence-electron chi connectivity index (χ1n) is 12.8. The highest BCUT2D eigenvalue weighted by molar-refractivity contribution is 14.1. The first kappa shape index (κ1) is 26.6. The Morgan fingerprint density at radius 1 is 1.03 bits per heavy atom. The fraction of sp³-hybridized carbons (Fsp3) is 0.778. The molecular formula is C27H41IO6. The highest BCUT2D eigenvalue weighted by Gasteiger charge is 2.63. The van der Waals surface area contributed by atoms with Gasteiger partial charge < -0.3 is 29.5 Å². The quantitative estimate of drug-likeness (QED) is 0.194. The molecule has 34 heavy (non-hydrogen) atoms. The summed E-state index contributed by atoms with van der Waals surface area (Å²) in [5.74, 6) is 1.74. The normalized spacial score (nSPS) is 34.5. The summed E-state index contributed by atoms with van der Waals surface area (Å²) >= 11 is 2.28. The van der Waals surface area contributed by atoms with E-state index < -0.39 is 11.5 Å². The molecular weight excluding hydrogens is 547 g/mol. The van der Waals surface area contributed by atoms with Gasteiger partial charge in [-0.15, -0.1) is 0 Å². The number of aromatic hydroxyl groups is 1. The Hall–Kier alpha value is -0.450. The second-order valence-corrected chi connectivity index (χ2v) is 11.8. The zero-order chi connectivity index (χ0) is 24.2. The molecule has 6 atom stereocenters. The summed E-state index contributed by atoms with van der Waals surface area (Å²) in [6.07, 6.45) is 5.09. The number of rotatable bonds is 12. The van der Waals surface area contributed by atoms with Gasteiger partial charge in [0, 0.05) is 16.4 Å². The van der Waals surface area contributed by atoms with Crippen LogP contribution >= 0.6 is 22.6 Å². The van der Waals surface area contributed by atoms with Gasteiger partial charge in [-0.05, 0) is 85.0 Å². The van der Waals surface area contributed by atoms with Crippen LogP contribution in [0.3, 0.4) is 0 Å². The molecule has 192 valence electrons. The van der Waals surface area contributed by atoms with E-state index in [0.717, 1.165) is 43.1 Å². The fourth-order valence-electron chi connectivity index (χ4n) is 7.23. The van der Waals surface area contributed by atoms with E-state index in [-0.39, 0.29) is 12.0 Å². The predicted octanol–water partition coefficient (Wildman–Crippen LogP) is 4.07. The maximum Gasteiger partial charge on any atom is 0.115 e. The molecule has 0 aromatic heterocycles. The number of halogens is 1. The summed E-state index contributed by atoms with van der Waals surface area (Å²) < 4.78 is 17.8. The molecule has 2 fully saturated rings. The Morgan fingerprint density at radius 3 is 2.44 bits per heavy atom. The minimum absolute atomic E-state index is 0.00386. The van der Waals surface area contributed by atoms with Gasteiger partial charge in [0.15, 0.2) is 0 Å². The molecule has 7 heteroatoms. The van der Waals surface area contributed by atoms with E-state index in [1.807, 2.05) is 12.1 Å². The average Bonchev–Trinajstić information content (AvgIpc) is 3.07. The van der Waals surface area contributed by atoms with E-state index in [1.54, 1.807) is 0 Å². The largest absolute Gasteiger partial charge is 0.508 e. The Morgan fingerprint density at radius 2 is 1.74 bits per heavy atom. The highest BCUT2D eigenvalue weighted by Crippen LogP contribution is 2.66.